The van der Waals surface area contributed by atoms with Crippen molar-refractivity contribution < 1.29 is 29.6 Å². The van der Waals surface area contributed by atoms with Gasteiger partial charge in [0.1, 0.15) is 12.1 Å². The van der Waals surface area contributed by atoms with E-state index in [4.69, 9.17) is 0 Å². The fourth-order valence-electron chi connectivity index (χ4n) is 1.72. The molecule has 122 valence electrons. The summed E-state index contributed by atoms with van der Waals surface area (Å²) in [5, 5.41) is 5.05. The normalized spacial score (nSPS) is 13.2. The molecule has 0 aromatic carbocycles. The number of carbonyl (C=O) groups is 3. The predicted octanol–water partition coefficient (Wildman–Crippen LogP) is -0.953. The van der Waals surface area contributed by atoms with Gasteiger partial charge in [0.15, 0.2) is 0 Å². The van der Waals surface area contributed by atoms with E-state index in [0.717, 1.165) is 0 Å². The average Bonchev–Trinajstić information content (AvgIpc) is 2.47. The van der Waals surface area contributed by atoms with E-state index in [2.05, 4.69) is 25.8 Å². The summed E-state index contributed by atoms with van der Waals surface area (Å²) in [6.07, 6.45) is 0.415. The van der Waals surface area contributed by atoms with Gasteiger partial charge >= 0.3 is 12.1 Å². The van der Waals surface area contributed by atoms with E-state index in [1.165, 1.54) is 14.2 Å². The van der Waals surface area contributed by atoms with E-state index in [9.17, 15) is 14.4 Å². The fraction of sp³-hybridized carbons (Fsp3) is 0.769. The molecule has 0 saturated carbocycles. The molecule has 0 aromatic rings. The van der Waals surface area contributed by atoms with Crippen LogP contribution < -0.4 is 16.4 Å². The number of alkyl carbamates (subject to hydrolysis) is 1. The first-order valence-electron chi connectivity index (χ1n) is 6.89. The molecular formula is C13H26N3O5+. The summed E-state index contributed by atoms with van der Waals surface area (Å²) in [5.74, 6) is -1.12. The van der Waals surface area contributed by atoms with Crippen molar-refractivity contribution in [2.75, 3.05) is 20.8 Å². The Morgan fingerprint density at radius 3 is 2.14 bits per heavy atom. The molecule has 0 aliphatic carbocycles. The van der Waals surface area contributed by atoms with E-state index in [1.807, 2.05) is 0 Å². The number of amides is 2. The first-order chi connectivity index (χ1) is 9.87. The summed E-state index contributed by atoms with van der Waals surface area (Å²) in [7, 11) is 2.48. The van der Waals surface area contributed by atoms with Crippen molar-refractivity contribution in [2.24, 2.45) is 5.92 Å². The third-order valence-electron chi connectivity index (χ3n) is 2.95. The predicted molar refractivity (Wildman–Crippen MR) is 75.1 cm³/mol. The number of carbonyl (C=O) groups excluding carboxylic acids is 3. The van der Waals surface area contributed by atoms with E-state index >= 15 is 0 Å². The molecule has 0 aromatic heterocycles. The number of rotatable bonds is 8. The molecule has 5 N–H and O–H groups in total. The van der Waals surface area contributed by atoms with Crippen LogP contribution in [0, 0.1) is 5.92 Å². The van der Waals surface area contributed by atoms with Gasteiger partial charge in [-0.2, -0.15) is 0 Å². The van der Waals surface area contributed by atoms with Gasteiger partial charge in [-0.25, -0.2) is 9.59 Å². The lowest BCUT2D eigenvalue weighted by Crippen LogP contribution is -2.55. The highest BCUT2D eigenvalue weighted by molar-refractivity contribution is 5.89. The summed E-state index contributed by atoms with van der Waals surface area (Å²) >= 11 is 0. The first kappa shape index (κ1) is 19.2. The topological polar surface area (TPSA) is 121 Å². The number of ether oxygens (including phenoxy) is 2. The molecule has 0 aliphatic rings. The van der Waals surface area contributed by atoms with Crippen LogP contribution in [0.3, 0.4) is 0 Å². The molecule has 0 bridgehead atoms. The Hall–Kier alpha value is -1.83. The lowest BCUT2D eigenvalue weighted by Gasteiger charge is -2.23. The number of esters is 1. The molecule has 8 nitrogen and oxygen atoms in total. The lowest BCUT2D eigenvalue weighted by molar-refractivity contribution is -0.368. The molecule has 0 heterocycles. The number of hydrogen-bond acceptors (Lipinski definition) is 5. The second-order valence-electron chi connectivity index (χ2n) is 4.94. The largest absolute Gasteiger partial charge is 0.467 e. The van der Waals surface area contributed by atoms with Crippen LogP contribution in [0.1, 0.15) is 26.7 Å². The van der Waals surface area contributed by atoms with Crippen LogP contribution in [0.25, 0.3) is 0 Å². The van der Waals surface area contributed by atoms with Gasteiger partial charge in [0.05, 0.1) is 20.8 Å². The minimum absolute atomic E-state index is 0.157. The summed E-state index contributed by atoms with van der Waals surface area (Å²) in [6.45, 7) is 4.21. The van der Waals surface area contributed by atoms with Gasteiger partial charge in [-0.1, -0.05) is 13.8 Å². The minimum atomic E-state index is -0.788. The molecule has 0 fully saturated rings. The molecular weight excluding hydrogens is 278 g/mol. The van der Waals surface area contributed by atoms with Gasteiger partial charge < -0.3 is 25.8 Å². The van der Waals surface area contributed by atoms with E-state index in [-0.39, 0.29) is 5.92 Å². The van der Waals surface area contributed by atoms with Crippen LogP contribution >= 0.6 is 0 Å². The molecule has 0 aliphatic heterocycles. The zero-order chi connectivity index (χ0) is 16.4. The van der Waals surface area contributed by atoms with Gasteiger partial charge in [-0.3, -0.25) is 4.79 Å². The van der Waals surface area contributed by atoms with Gasteiger partial charge in [0, 0.05) is 0 Å². The third kappa shape index (κ3) is 6.94. The Morgan fingerprint density at radius 2 is 1.71 bits per heavy atom. The van der Waals surface area contributed by atoms with Crippen molar-refractivity contribution in [2.45, 2.75) is 38.8 Å². The summed E-state index contributed by atoms with van der Waals surface area (Å²) in [4.78, 5) is 35.1. The Bertz CT molecular complexity index is 360. The number of quaternary nitrogens is 1. The molecule has 0 unspecified atom stereocenters. The van der Waals surface area contributed by atoms with Crippen molar-refractivity contribution in [3.05, 3.63) is 0 Å². The smallest absolute Gasteiger partial charge is 0.407 e. The molecule has 0 saturated heterocycles. The number of methoxy groups -OCH3 is 2. The molecule has 21 heavy (non-hydrogen) atoms. The highest BCUT2D eigenvalue weighted by Gasteiger charge is 2.29. The molecule has 8 heteroatoms. The monoisotopic (exact) mass is 304 g/mol. The standard InChI is InChI=1S/C13H25N3O5/c1-8(2)10(16-13(19)21-4)11(17)15-9(6-5-7-14)12(18)20-3/h8-10H,5-7,14H2,1-4H3,(H,15,17)(H,16,19)/p+1/t9-,10-/m0/s1. The van der Waals surface area contributed by atoms with Crippen molar-refractivity contribution in [1.29, 1.82) is 0 Å². The molecule has 2 atom stereocenters. The first-order valence-corrected chi connectivity index (χ1v) is 6.89. The Kier molecular flexibility index (Phi) is 9.11. The lowest BCUT2D eigenvalue weighted by atomic mass is 10.0. The van der Waals surface area contributed by atoms with Crippen molar-refractivity contribution in [3.63, 3.8) is 0 Å². The Balaban J connectivity index is 4.81. The van der Waals surface area contributed by atoms with Gasteiger partial charge in [0.2, 0.25) is 5.91 Å². The zero-order valence-corrected chi connectivity index (χ0v) is 13.1. The van der Waals surface area contributed by atoms with Crippen LogP contribution in [-0.4, -0.2) is 50.8 Å². The highest BCUT2D eigenvalue weighted by Crippen LogP contribution is 2.05. The minimum Gasteiger partial charge on any atom is -0.467 e. The van der Waals surface area contributed by atoms with Crippen molar-refractivity contribution >= 4 is 18.0 Å². The van der Waals surface area contributed by atoms with Gasteiger partial charge in [-0.15, -0.1) is 0 Å². The fourth-order valence-corrected chi connectivity index (χ4v) is 1.72. The highest BCUT2D eigenvalue weighted by atomic mass is 16.5. The Labute approximate surface area is 124 Å². The maximum Gasteiger partial charge on any atom is 0.407 e. The number of hydrogen-bond donors (Lipinski definition) is 3. The summed E-state index contributed by atoms with van der Waals surface area (Å²) < 4.78 is 9.16. The van der Waals surface area contributed by atoms with E-state index in [0.29, 0.717) is 19.4 Å². The van der Waals surface area contributed by atoms with Gasteiger partial charge in [-0.05, 0) is 18.8 Å². The molecule has 0 spiro atoms. The van der Waals surface area contributed by atoms with E-state index in [1.54, 1.807) is 13.8 Å². The summed E-state index contributed by atoms with van der Waals surface area (Å²) in [5.41, 5.74) is 3.70. The quantitative estimate of drug-likeness (QED) is 0.499. The molecule has 0 rings (SSSR count). The summed E-state index contributed by atoms with van der Waals surface area (Å²) in [6, 6.07) is -1.53. The SMILES string of the molecule is COC(=O)N[C@H](C(=O)N[C@@H](CCC[NH3+])C(=O)OC)C(C)C. The maximum absolute atomic E-state index is 12.2. The second-order valence-corrected chi connectivity index (χ2v) is 4.94. The zero-order valence-electron chi connectivity index (χ0n) is 13.1. The van der Waals surface area contributed by atoms with Gasteiger partial charge in [0.25, 0.3) is 0 Å². The average molecular weight is 304 g/mol. The van der Waals surface area contributed by atoms with Crippen LogP contribution in [-0.2, 0) is 19.1 Å². The van der Waals surface area contributed by atoms with Crippen LogP contribution in [0.2, 0.25) is 0 Å². The van der Waals surface area contributed by atoms with Crippen molar-refractivity contribution in [1.82, 2.24) is 10.6 Å². The second kappa shape index (κ2) is 9.98. The third-order valence-corrected chi connectivity index (χ3v) is 2.95. The molecule has 2 amide bonds. The number of nitrogens with one attached hydrogen (secondary N) is 2. The van der Waals surface area contributed by atoms with Crippen LogP contribution in [0.15, 0.2) is 0 Å². The Morgan fingerprint density at radius 1 is 1.10 bits per heavy atom. The van der Waals surface area contributed by atoms with E-state index < -0.39 is 30.1 Å². The van der Waals surface area contributed by atoms with Crippen LogP contribution in [0.4, 0.5) is 4.79 Å². The maximum atomic E-state index is 12.2. The van der Waals surface area contributed by atoms with Crippen molar-refractivity contribution in [3.8, 4) is 0 Å². The molecule has 0 radical (unpaired) electrons. The van der Waals surface area contributed by atoms with Crippen LogP contribution in [0.5, 0.6) is 0 Å².